The van der Waals surface area contributed by atoms with Gasteiger partial charge in [0.2, 0.25) is 9.84 Å². The molecular weight excluding hydrogens is 445 g/mol. The van der Waals surface area contributed by atoms with Crippen molar-refractivity contribution >= 4 is 44.0 Å². The topological polar surface area (TPSA) is 93.4 Å². The van der Waals surface area contributed by atoms with Crippen LogP contribution in [0.25, 0.3) is 11.0 Å². The molecule has 0 unspecified atom stereocenters. The minimum Gasteiger partial charge on any atom is -0.422 e. The molecule has 0 atom stereocenters. The van der Waals surface area contributed by atoms with E-state index in [4.69, 9.17) is 16.0 Å². The largest absolute Gasteiger partial charge is 0.422 e. The quantitative estimate of drug-likeness (QED) is 0.355. The number of halogens is 2. The van der Waals surface area contributed by atoms with Gasteiger partial charge >= 0.3 is 5.63 Å². The Labute approximate surface area is 180 Å². The average molecular weight is 458 g/mol. The van der Waals surface area contributed by atoms with Crippen molar-refractivity contribution in [2.24, 2.45) is 0 Å². The number of hydrogen-bond donors (Lipinski definition) is 1. The summed E-state index contributed by atoms with van der Waals surface area (Å²) in [5, 5.41) is 3.37. The molecule has 9 heteroatoms. The highest BCUT2D eigenvalue weighted by Crippen LogP contribution is 2.24. The van der Waals surface area contributed by atoms with Gasteiger partial charge in [-0.25, -0.2) is 17.6 Å². The van der Waals surface area contributed by atoms with Gasteiger partial charge in [-0.1, -0.05) is 17.7 Å². The number of anilines is 1. The van der Waals surface area contributed by atoms with Crippen molar-refractivity contribution in [3.63, 3.8) is 0 Å². The highest BCUT2D eigenvalue weighted by molar-refractivity contribution is 7.91. The zero-order valence-electron chi connectivity index (χ0n) is 15.6. The second-order valence-corrected chi connectivity index (χ2v) is 8.93. The summed E-state index contributed by atoms with van der Waals surface area (Å²) in [6.07, 6.45) is 0. The molecule has 1 amide bonds. The number of nitrogens with one attached hydrogen (secondary N) is 1. The summed E-state index contributed by atoms with van der Waals surface area (Å²) in [6.45, 7) is 0. The summed E-state index contributed by atoms with van der Waals surface area (Å²) in [5.41, 5.74) is -0.251. The van der Waals surface area contributed by atoms with Gasteiger partial charge in [0, 0.05) is 21.7 Å². The third kappa shape index (κ3) is 4.21. The van der Waals surface area contributed by atoms with Crippen molar-refractivity contribution in [3.05, 3.63) is 99.6 Å². The van der Waals surface area contributed by atoms with Gasteiger partial charge < -0.3 is 9.73 Å². The van der Waals surface area contributed by atoms with E-state index < -0.39 is 32.1 Å². The molecular formula is C22H13ClFNO5S. The standard InChI is InChI=1S/C22H13ClFNO5S/c23-15-2-1-3-17(12-15)25-21(26)13-4-9-19-14(10-13)11-20(22(27)30-19)31(28,29)18-7-5-16(24)6-8-18/h1-12H,(H,25,26). The normalized spacial score (nSPS) is 11.4. The lowest BCUT2D eigenvalue weighted by molar-refractivity contribution is 0.102. The van der Waals surface area contributed by atoms with E-state index in [0.29, 0.717) is 10.7 Å². The van der Waals surface area contributed by atoms with Gasteiger partial charge in [-0.05, 0) is 66.7 Å². The van der Waals surface area contributed by atoms with Gasteiger partial charge in [0.25, 0.3) is 5.91 Å². The molecule has 0 saturated heterocycles. The first-order chi connectivity index (χ1) is 14.7. The Bertz CT molecular complexity index is 1480. The second kappa shape index (κ2) is 7.98. The Hall–Kier alpha value is -3.49. The fourth-order valence-corrected chi connectivity index (χ4v) is 4.43. The van der Waals surface area contributed by atoms with Crippen LogP contribution in [0.1, 0.15) is 10.4 Å². The third-order valence-electron chi connectivity index (χ3n) is 4.46. The number of rotatable bonds is 4. The fourth-order valence-electron chi connectivity index (χ4n) is 2.94. The van der Waals surface area contributed by atoms with Crippen LogP contribution in [0.2, 0.25) is 5.02 Å². The maximum Gasteiger partial charge on any atom is 0.355 e. The number of fused-ring (bicyclic) bond motifs is 1. The van der Waals surface area contributed by atoms with Crippen LogP contribution in [0.15, 0.2) is 91.8 Å². The minimum atomic E-state index is -4.25. The van der Waals surface area contributed by atoms with Gasteiger partial charge in [0.05, 0.1) is 4.90 Å². The van der Waals surface area contributed by atoms with E-state index in [2.05, 4.69) is 5.32 Å². The lowest BCUT2D eigenvalue weighted by Gasteiger charge is -2.08. The maximum atomic E-state index is 13.1. The van der Waals surface area contributed by atoms with Crippen molar-refractivity contribution in [3.8, 4) is 0 Å². The molecule has 1 heterocycles. The number of carbonyl (C=O) groups excluding carboxylic acids is 1. The molecule has 0 bridgehead atoms. The third-order valence-corrected chi connectivity index (χ3v) is 6.45. The predicted molar refractivity (Wildman–Crippen MR) is 114 cm³/mol. The average Bonchev–Trinajstić information content (AvgIpc) is 2.73. The van der Waals surface area contributed by atoms with E-state index in [1.54, 1.807) is 24.3 Å². The summed E-state index contributed by atoms with van der Waals surface area (Å²) in [6, 6.07) is 16.0. The van der Waals surface area contributed by atoms with E-state index in [9.17, 15) is 22.4 Å². The molecule has 4 rings (SSSR count). The zero-order chi connectivity index (χ0) is 22.2. The predicted octanol–water partition coefficient (Wildman–Crippen LogP) is 4.67. The second-order valence-electron chi connectivity index (χ2n) is 6.57. The van der Waals surface area contributed by atoms with E-state index >= 15 is 0 Å². The van der Waals surface area contributed by atoms with Crippen LogP contribution in [0, 0.1) is 5.82 Å². The molecule has 31 heavy (non-hydrogen) atoms. The Morgan fingerprint density at radius 1 is 0.968 bits per heavy atom. The van der Waals surface area contributed by atoms with Crippen LogP contribution in [0.4, 0.5) is 10.1 Å². The lowest BCUT2D eigenvalue weighted by atomic mass is 10.1. The van der Waals surface area contributed by atoms with Crippen molar-refractivity contribution < 1.29 is 22.0 Å². The zero-order valence-corrected chi connectivity index (χ0v) is 17.2. The molecule has 1 aromatic heterocycles. The molecule has 0 aliphatic rings. The van der Waals surface area contributed by atoms with Crippen molar-refractivity contribution in [1.82, 2.24) is 0 Å². The molecule has 0 spiro atoms. The molecule has 3 aromatic carbocycles. The summed E-state index contributed by atoms with van der Waals surface area (Å²) in [4.78, 5) is 24.0. The van der Waals surface area contributed by atoms with Gasteiger partial charge in [-0.15, -0.1) is 0 Å². The van der Waals surface area contributed by atoms with Gasteiger partial charge in [-0.2, -0.15) is 0 Å². The van der Waals surface area contributed by atoms with Crippen molar-refractivity contribution in [2.45, 2.75) is 9.79 Å². The molecule has 0 fully saturated rings. The van der Waals surface area contributed by atoms with E-state index in [0.717, 1.165) is 30.3 Å². The molecule has 0 aliphatic carbocycles. The fraction of sp³-hybridized carbons (Fsp3) is 0. The first-order valence-corrected chi connectivity index (χ1v) is 10.8. The number of sulfone groups is 1. The monoisotopic (exact) mass is 457 g/mol. The highest BCUT2D eigenvalue weighted by atomic mass is 35.5. The minimum absolute atomic E-state index is 0.113. The Kier molecular flexibility index (Phi) is 5.34. The van der Waals surface area contributed by atoms with Crippen LogP contribution in [-0.4, -0.2) is 14.3 Å². The molecule has 0 saturated carbocycles. The molecule has 0 aliphatic heterocycles. The number of amides is 1. The SMILES string of the molecule is O=C(Nc1cccc(Cl)c1)c1ccc2oc(=O)c(S(=O)(=O)c3ccc(F)cc3)cc2c1. The van der Waals surface area contributed by atoms with E-state index in [1.807, 2.05) is 0 Å². The Morgan fingerprint density at radius 3 is 2.42 bits per heavy atom. The molecule has 4 aromatic rings. The first-order valence-electron chi connectivity index (χ1n) is 8.89. The summed E-state index contributed by atoms with van der Waals surface area (Å²) >= 11 is 5.92. The van der Waals surface area contributed by atoms with Crippen LogP contribution in [0.3, 0.4) is 0 Å². The number of carbonyl (C=O) groups is 1. The summed E-state index contributed by atoms with van der Waals surface area (Å²) in [7, 11) is -4.25. The number of hydrogen-bond acceptors (Lipinski definition) is 5. The lowest BCUT2D eigenvalue weighted by Crippen LogP contribution is -2.15. The van der Waals surface area contributed by atoms with Crippen molar-refractivity contribution in [2.75, 3.05) is 5.32 Å². The Morgan fingerprint density at radius 2 is 1.71 bits per heavy atom. The van der Waals surface area contributed by atoms with Crippen LogP contribution in [-0.2, 0) is 9.84 Å². The van der Waals surface area contributed by atoms with Crippen molar-refractivity contribution in [1.29, 1.82) is 0 Å². The smallest absolute Gasteiger partial charge is 0.355 e. The van der Waals surface area contributed by atoms with Crippen LogP contribution >= 0.6 is 11.6 Å². The summed E-state index contributed by atoms with van der Waals surface area (Å²) < 4.78 is 43.9. The highest BCUT2D eigenvalue weighted by Gasteiger charge is 2.23. The van der Waals surface area contributed by atoms with Gasteiger partial charge in [0.15, 0.2) is 4.90 Å². The molecule has 0 radical (unpaired) electrons. The maximum absolute atomic E-state index is 13.1. The van der Waals surface area contributed by atoms with Crippen LogP contribution < -0.4 is 10.9 Å². The molecule has 1 N–H and O–H groups in total. The summed E-state index contributed by atoms with van der Waals surface area (Å²) in [5.74, 6) is -1.07. The van der Waals surface area contributed by atoms with E-state index in [-0.39, 0.29) is 21.4 Å². The van der Waals surface area contributed by atoms with Crippen LogP contribution in [0.5, 0.6) is 0 Å². The van der Waals surface area contributed by atoms with E-state index in [1.165, 1.54) is 18.2 Å². The molecule has 6 nitrogen and oxygen atoms in total. The Balaban J connectivity index is 1.74. The number of benzene rings is 3. The van der Waals surface area contributed by atoms with Gasteiger partial charge in [-0.3, -0.25) is 4.79 Å². The van der Waals surface area contributed by atoms with Gasteiger partial charge in [0.1, 0.15) is 11.4 Å². The first kappa shape index (κ1) is 20.8. The molecule has 156 valence electrons.